The highest BCUT2D eigenvalue weighted by molar-refractivity contribution is 5.92. The van der Waals surface area contributed by atoms with Gasteiger partial charge in [-0.1, -0.05) is 81.6 Å². The Morgan fingerprint density at radius 3 is 2.20 bits per heavy atom. The number of nitrogens with zero attached hydrogens (tertiary/aromatic N) is 1. The highest BCUT2D eigenvalue weighted by Gasteiger charge is 2.36. The molecule has 2 aromatic carbocycles. The second kappa shape index (κ2) is 16.0. The predicted molar refractivity (Wildman–Crippen MR) is 161 cm³/mol. The van der Waals surface area contributed by atoms with Gasteiger partial charge in [0, 0.05) is 19.5 Å². The van der Waals surface area contributed by atoms with Gasteiger partial charge in [-0.05, 0) is 69.7 Å². The Morgan fingerprint density at radius 2 is 1.57 bits per heavy atom. The topological polar surface area (TPSA) is 87.7 Å². The van der Waals surface area contributed by atoms with E-state index in [4.69, 9.17) is 4.74 Å². The molecular weight excluding hydrogens is 502 g/mol. The quantitative estimate of drug-likeness (QED) is 0.265. The van der Waals surface area contributed by atoms with Gasteiger partial charge >= 0.3 is 6.09 Å². The SMILES string of the molecule is CCCCCN(C(=O)C(Cc1ccccc1)NC(=O)OC(C)(C)C)C(C(=O)NCCCC)c1cccc(C)c1C. The number of unbranched alkanes of at least 4 members (excludes halogenated alkanes) is 3. The predicted octanol–water partition coefficient (Wildman–Crippen LogP) is 6.42. The minimum atomic E-state index is -0.907. The lowest BCUT2D eigenvalue weighted by Crippen LogP contribution is -2.54. The maximum absolute atomic E-state index is 14.5. The highest BCUT2D eigenvalue weighted by Crippen LogP contribution is 2.28. The van der Waals surface area contributed by atoms with E-state index in [0.29, 0.717) is 13.1 Å². The first-order chi connectivity index (χ1) is 19.0. The van der Waals surface area contributed by atoms with Crippen LogP contribution < -0.4 is 10.6 Å². The van der Waals surface area contributed by atoms with Gasteiger partial charge in [0.05, 0.1) is 0 Å². The summed E-state index contributed by atoms with van der Waals surface area (Å²) in [6.45, 7) is 14.5. The zero-order valence-corrected chi connectivity index (χ0v) is 25.5. The van der Waals surface area contributed by atoms with Gasteiger partial charge in [-0.25, -0.2) is 4.79 Å². The average molecular weight is 552 g/mol. The van der Waals surface area contributed by atoms with Crippen molar-refractivity contribution >= 4 is 17.9 Å². The van der Waals surface area contributed by atoms with Crippen molar-refractivity contribution in [2.24, 2.45) is 0 Å². The zero-order valence-electron chi connectivity index (χ0n) is 25.5. The molecule has 0 aromatic heterocycles. The summed E-state index contributed by atoms with van der Waals surface area (Å²) >= 11 is 0. The Kier molecular flexibility index (Phi) is 13.2. The van der Waals surface area contributed by atoms with Crippen LogP contribution in [0, 0.1) is 13.8 Å². The van der Waals surface area contributed by atoms with E-state index in [9.17, 15) is 14.4 Å². The number of aryl methyl sites for hydroxylation is 1. The summed E-state index contributed by atoms with van der Waals surface area (Å²) in [6, 6.07) is 13.7. The number of carbonyl (C=O) groups is 3. The van der Waals surface area contributed by atoms with E-state index in [-0.39, 0.29) is 18.2 Å². The van der Waals surface area contributed by atoms with Crippen molar-refractivity contribution in [1.29, 1.82) is 0 Å². The Labute approximate surface area is 241 Å². The highest BCUT2D eigenvalue weighted by atomic mass is 16.6. The Morgan fingerprint density at radius 1 is 0.900 bits per heavy atom. The molecule has 2 unspecified atom stereocenters. The second-order valence-corrected chi connectivity index (χ2v) is 11.5. The van der Waals surface area contributed by atoms with Crippen LogP contribution in [0.3, 0.4) is 0 Å². The molecule has 0 spiro atoms. The molecule has 40 heavy (non-hydrogen) atoms. The first-order valence-electron chi connectivity index (χ1n) is 14.7. The minimum Gasteiger partial charge on any atom is -0.444 e. The molecule has 3 amide bonds. The van der Waals surface area contributed by atoms with Crippen molar-refractivity contribution < 1.29 is 19.1 Å². The first-order valence-corrected chi connectivity index (χ1v) is 14.7. The number of nitrogens with one attached hydrogen (secondary N) is 2. The van der Waals surface area contributed by atoms with Crippen LogP contribution in [0.1, 0.15) is 95.0 Å². The van der Waals surface area contributed by atoms with Crippen LogP contribution in [0.5, 0.6) is 0 Å². The standard InChI is InChI=1S/C33H49N3O4/c1-8-10-15-22-36(29(30(37)34-21-11-9-2)27-20-16-17-24(3)25(27)4)31(38)28(23-26-18-13-12-14-19-26)35-32(39)40-33(5,6)7/h12-14,16-20,28-29H,8-11,15,21-23H2,1-7H3,(H,34,37)(H,35,39). The molecule has 220 valence electrons. The maximum Gasteiger partial charge on any atom is 0.408 e. The van der Waals surface area contributed by atoms with E-state index in [1.165, 1.54) is 0 Å². The van der Waals surface area contributed by atoms with Gasteiger partial charge in [0.2, 0.25) is 11.8 Å². The van der Waals surface area contributed by atoms with Crippen LogP contribution in [0.2, 0.25) is 0 Å². The fourth-order valence-electron chi connectivity index (χ4n) is 4.60. The number of hydrogen-bond acceptors (Lipinski definition) is 4. The smallest absolute Gasteiger partial charge is 0.408 e. The van der Waals surface area contributed by atoms with E-state index in [0.717, 1.165) is 54.4 Å². The number of hydrogen-bond donors (Lipinski definition) is 2. The summed E-state index contributed by atoms with van der Waals surface area (Å²) in [4.78, 5) is 42.9. The lowest BCUT2D eigenvalue weighted by molar-refractivity contribution is -0.142. The average Bonchev–Trinajstić information content (AvgIpc) is 2.89. The van der Waals surface area contributed by atoms with E-state index in [1.54, 1.807) is 25.7 Å². The van der Waals surface area contributed by atoms with Gasteiger partial charge in [-0.3, -0.25) is 9.59 Å². The molecule has 2 N–H and O–H groups in total. The lowest BCUT2D eigenvalue weighted by atomic mass is 9.94. The second-order valence-electron chi connectivity index (χ2n) is 11.5. The number of alkyl carbamates (subject to hydrolysis) is 1. The van der Waals surface area contributed by atoms with Crippen LogP contribution in [0.15, 0.2) is 48.5 Å². The summed E-state index contributed by atoms with van der Waals surface area (Å²) in [5, 5.41) is 5.90. The van der Waals surface area contributed by atoms with Crippen molar-refractivity contribution in [2.45, 2.75) is 105 Å². The molecule has 0 saturated carbocycles. The van der Waals surface area contributed by atoms with Crippen LogP contribution in [-0.4, -0.2) is 47.5 Å². The van der Waals surface area contributed by atoms with Crippen molar-refractivity contribution in [2.75, 3.05) is 13.1 Å². The molecule has 2 aromatic rings. The number of ether oxygens (including phenoxy) is 1. The number of rotatable bonds is 14. The monoisotopic (exact) mass is 551 g/mol. The number of benzene rings is 2. The molecule has 0 saturated heterocycles. The fourth-order valence-corrected chi connectivity index (χ4v) is 4.60. The van der Waals surface area contributed by atoms with E-state index in [1.807, 2.05) is 62.4 Å². The van der Waals surface area contributed by atoms with Gasteiger partial charge < -0.3 is 20.3 Å². The summed E-state index contributed by atoms with van der Waals surface area (Å²) in [5.41, 5.74) is 3.02. The van der Waals surface area contributed by atoms with Crippen molar-refractivity contribution in [3.63, 3.8) is 0 Å². The summed E-state index contributed by atoms with van der Waals surface area (Å²) in [7, 11) is 0. The molecular formula is C33H49N3O4. The Balaban J connectivity index is 2.57. The normalized spacial score (nSPS) is 12.8. The molecule has 0 aliphatic heterocycles. The summed E-state index contributed by atoms with van der Waals surface area (Å²) < 4.78 is 5.53. The molecule has 0 aliphatic rings. The third-order valence-electron chi connectivity index (χ3n) is 6.89. The Bertz CT molecular complexity index is 1090. The van der Waals surface area contributed by atoms with Crippen molar-refractivity contribution in [3.8, 4) is 0 Å². The van der Waals surface area contributed by atoms with Crippen molar-refractivity contribution in [1.82, 2.24) is 15.5 Å². The van der Waals surface area contributed by atoms with Crippen LogP contribution in [-0.2, 0) is 20.7 Å². The molecule has 7 nitrogen and oxygen atoms in total. The van der Waals surface area contributed by atoms with Gasteiger partial charge in [-0.2, -0.15) is 0 Å². The zero-order chi connectivity index (χ0) is 29.7. The fraction of sp³-hybridized carbons (Fsp3) is 0.545. The summed E-state index contributed by atoms with van der Waals surface area (Å²) in [6.07, 6.45) is 4.06. The van der Waals surface area contributed by atoms with Gasteiger partial charge in [0.15, 0.2) is 0 Å². The molecule has 0 fully saturated rings. The molecule has 2 atom stereocenters. The molecule has 0 heterocycles. The van der Waals surface area contributed by atoms with Gasteiger partial charge in [-0.15, -0.1) is 0 Å². The van der Waals surface area contributed by atoms with Gasteiger partial charge in [0.1, 0.15) is 17.7 Å². The van der Waals surface area contributed by atoms with Crippen molar-refractivity contribution in [3.05, 3.63) is 70.8 Å². The van der Waals surface area contributed by atoms with E-state index < -0.39 is 23.8 Å². The molecule has 7 heteroatoms. The third kappa shape index (κ3) is 10.3. The maximum atomic E-state index is 14.5. The van der Waals surface area contributed by atoms with Gasteiger partial charge in [0.25, 0.3) is 0 Å². The number of amides is 3. The molecule has 2 rings (SSSR count). The largest absolute Gasteiger partial charge is 0.444 e. The molecule has 0 aliphatic carbocycles. The minimum absolute atomic E-state index is 0.206. The molecule has 0 radical (unpaired) electrons. The molecule has 0 bridgehead atoms. The Hall–Kier alpha value is -3.35. The van der Waals surface area contributed by atoms with E-state index >= 15 is 0 Å². The number of carbonyl (C=O) groups excluding carboxylic acids is 3. The lowest BCUT2D eigenvalue weighted by Gasteiger charge is -2.35. The van der Waals surface area contributed by atoms with E-state index in [2.05, 4.69) is 24.5 Å². The summed E-state index contributed by atoms with van der Waals surface area (Å²) in [5.74, 6) is -0.509. The van der Waals surface area contributed by atoms with Crippen LogP contribution in [0.25, 0.3) is 0 Å². The van der Waals surface area contributed by atoms with Crippen LogP contribution in [0.4, 0.5) is 4.79 Å². The third-order valence-corrected chi connectivity index (χ3v) is 6.89. The van der Waals surface area contributed by atoms with Crippen LogP contribution >= 0.6 is 0 Å². The first kappa shape index (κ1) is 32.9.